The molecule has 0 aliphatic carbocycles. The van der Waals surface area contributed by atoms with E-state index in [1.807, 2.05) is 36.4 Å². The van der Waals surface area contributed by atoms with Crippen molar-refractivity contribution in [1.82, 2.24) is 15.0 Å². The third-order valence-corrected chi connectivity index (χ3v) is 5.51. The fourth-order valence-electron chi connectivity index (χ4n) is 3.93. The van der Waals surface area contributed by atoms with Crippen LogP contribution in [-0.2, 0) is 16.1 Å². The molecule has 2 aliphatic heterocycles. The molecule has 0 bridgehead atoms. The standard InChI is InChI=1S/C20H25N3O4/c24-14-19(25)23-10-11-26-20(15-23)6-8-22(9-7-20)13-17-12-18(21-27-17)16-4-2-1-3-5-16/h1-5,12,24H,6-11,13-15H2. The number of morpholine rings is 1. The largest absolute Gasteiger partial charge is 0.387 e. The first kappa shape index (κ1) is 18.2. The molecule has 1 aromatic heterocycles. The zero-order chi connectivity index (χ0) is 18.7. The number of rotatable bonds is 4. The summed E-state index contributed by atoms with van der Waals surface area (Å²) in [6.07, 6.45) is 1.73. The number of amides is 1. The van der Waals surface area contributed by atoms with E-state index >= 15 is 0 Å². The molecular weight excluding hydrogens is 346 g/mol. The number of aliphatic hydroxyl groups is 1. The van der Waals surface area contributed by atoms with Crippen molar-refractivity contribution < 1.29 is 19.2 Å². The molecule has 2 saturated heterocycles. The van der Waals surface area contributed by atoms with E-state index in [4.69, 9.17) is 14.4 Å². The normalized spacial score (nSPS) is 20.1. The molecule has 1 spiro atoms. The highest BCUT2D eigenvalue weighted by Crippen LogP contribution is 2.31. The van der Waals surface area contributed by atoms with Gasteiger partial charge in [0.05, 0.1) is 18.8 Å². The van der Waals surface area contributed by atoms with Crippen LogP contribution in [0.3, 0.4) is 0 Å². The highest BCUT2D eigenvalue weighted by atomic mass is 16.5. The second-order valence-corrected chi connectivity index (χ2v) is 7.33. The van der Waals surface area contributed by atoms with Crippen molar-refractivity contribution >= 4 is 5.91 Å². The van der Waals surface area contributed by atoms with Gasteiger partial charge in [-0.2, -0.15) is 0 Å². The summed E-state index contributed by atoms with van der Waals surface area (Å²) in [6.45, 7) is 3.71. The predicted octanol–water partition coefficient (Wildman–Crippen LogP) is 1.53. The van der Waals surface area contributed by atoms with Crippen LogP contribution in [0.15, 0.2) is 40.9 Å². The van der Waals surface area contributed by atoms with Gasteiger partial charge in [-0.05, 0) is 12.8 Å². The highest BCUT2D eigenvalue weighted by molar-refractivity contribution is 5.77. The number of carbonyl (C=O) groups excluding carboxylic acids is 1. The van der Waals surface area contributed by atoms with Gasteiger partial charge < -0.3 is 19.3 Å². The Balaban J connectivity index is 1.33. The van der Waals surface area contributed by atoms with E-state index in [-0.39, 0.29) is 11.5 Å². The van der Waals surface area contributed by atoms with Gasteiger partial charge in [0.15, 0.2) is 5.76 Å². The Morgan fingerprint density at radius 2 is 1.96 bits per heavy atom. The zero-order valence-corrected chi connectivity index (χ0v) is 15.3. The van der Waals surface area contributed by atoms with Gasteiger partial charge in [-0.3, -0.25) is 9.69 Å². The number of hydrogen-bond donors (Lipinski definition) is 1. The topological polar surface area (TPSA) is 79.0 Å². The predicted molar refractivity (Wildman–Crippen MR) is 98.8 cm³/mol. The van der Waals surface area contributed by atoms with Crippen molar-refractivity contribution in [2.45, 2.75) is 25.0 Å². The summed E-state index contributed by atoms with van der Waals surface area (Å²) in [6, 6.07) is 12.0. The average Bonchev–Trinajstić information content (AvgIpc) is 3.19. The number of likely N-dealkylation sites (tertiary alicyclic amines) is 1. The van der Waals surface area contributed by atoms with Crippen LogP contribution in [0.5, 0.6) is 0 Å². The molecule has 2 aliphatic rings. The lowest BCUT2D eigenvalue weighted by atomic mass is 9.89. The van der Waals surface area contributed by atoms with Crippen LogP contribution in [0.1, 0.15) is 18.6 Å². The van der Waals surface area contributed by atoms with Crippen molar-refractivity contribution in [3.8, 4) is 11.3 Å². The number of hydrogen-bond acceptors (Lipinski definition) is 6. The minimum Gasteiger partial charge on any atom is -0.387 e. The van der Waals surface area contributed by atoms with E-state index in [2.05, 4.69) is 10.1 Å². The minimum atomic E-state index is -0.433. The van der Waals surface area contributed by atoms with Gasteiger partial charge in [-0.1, -0.05) is 35.5 Å². The maximum Gasteiger partial charge on any atom is 0.248 e. The summed E-state index contributed by atoms with van der Waals surface area (Å²) in [4.78, 5) is 15.9. The number of aliphatic hydroxyl groups excluding tert-OH is 1. The number of benzene rings is 1. The molecule has 0 radical (unpaired) electrons. The Morgan fingerprint density at radius 3 is 2.70 bits per heavy atom. The molecule has 0 atom stereocenters. The number of ether oxygens (including phenoxy) is 1. The monoisotopic (exact) mass is 371 g/mol. The lowest BCUT2D eigenvalue weighted by Crippen LogP contribution is -2.58. The average molecular weight is 371 g/mol. The van der Waals surface area contributed by atoms with Crippen molar-refractivity contribution in [2.75, 3.05) is 39.4 Å². The molecule has 0 unspecified atom stereocenters. The van der Waals surface area contributed by atoms with E-state index in [0.717, 1.165) is 49.5 Å². The number of aromatic nitrogens is 1. The van der Waals surface area contributed by atoms with Gasteiger partial charge in [-0.15, -0.1) is 0 Å². The van der Waals surface area contributed by atoms with Gasteiger partial charge in [0.25, 0.3) is 0 Å². The second-order valence-electron chi connectivity index (χ2n) is 7.33. The van der Waals surface area contributed by atoms with Crippen LogP contribution in [-0.4, -0.2) is 71.0 Å². The molecule has 4 rings (SSSR count). The Bertz CT molecular complexity index is 769. The molecule has 2 aromatic rings. The summed E-state index contributed by atoms with van der Waals surface area (Å²) in [5, 5.41) is 13.3. The summed E-state index contributed by atoms with van der Waals surface area (Å²) >= 11 is 0. The molecule has 1 N–H and O–H groups in total. The molecule has 27 heavy (non-hydrogen) atoms. The van der Waals surface area contributed by atoms with E-state index in [1.54, 1.807) is 4.90 Å². The fraction of sp³-hybridized carbons (Fsp3) is 0.500. The molecule has 144 valence electrons. The first-order chi connectivity index (χ1) is 13.2. The van der Waals surface area contributed by atoms with Crippen molar-refractivity contribution in [2.24, 2.45) is 0 Å². The summed E-state index contributed by atoms with van der Waals surface area (Å²) < 4.78 is 11.6. The van der Waals surface area contributed by atoms with Crippen LogP contribution >= 0.6 is 0 Å². The molecule has 1 amide bonds. The van der Waals surface area contributed by atoms with Crippen LogP contribution in [0.25, 0.3) is 11.3 Å². The molecular formula is C20H25N3O4. The number of piperidine rings is 1. The quantitative estimate of drug-likeness (QED) is 0.878. The lowest BCUT2D eigenvalue weighted by Gasteiger charge is -2.47. The third-order valence-electron chi connectivity index (χ3n) is 5.51. The maximum absolute atomic E-state index is 11.8. The van der Waals surface area contributed by atoms with E-state index in [0.29, 0.717) is 19.7 Å². The first-order valence-corrected chi connectivity index (χ1v) is 9.43. The fourth-order valence-corrected chi connectivity index (χ4v) is 3.93. The van der Waals surface area contributed by atoms with Crippen LogP contribution in [0.2, 0.25) is 0 Å². The van der Waals surface area contributed by atoms with E-state index in [9.17, 15) is 4.79 Å². The van der Waals surface area contributed by atoms with Gasteiger partial charge in [0.2, 0.25) is 5.91 Å². The molecule has 1 aromatic carbocycles. The summed E-state index contributed by atoms with van der Waals surface area (Å²) in [7, 11) is 0. The van der Waals surface area contributed by atoms with Gasteiger partial charge in [0.1, 0.15) is 12.3 Å². The summed E-state index contributed by atoms with van der Waals surface area (Å²) in [5.41, 5.74) is 1.62. The molecule has 7 heteroatoms. The summed E-state index contributed by atoms with van der Waals surface area (Å²) in [5.74, 6) is 0.640. The Labute approximate surface area is 158 Å². The van der Waals surface area contributed by atoms with E-state index < -0.39 is 6.61 Å². The van der Waals surface area contributed by atoms with Crippen molar-refractivity contribution in [3.63, 3.8) is 0 Å². The first-order valence-electron chi connectivity index (χ1n) is 9.43. The Kier molecular flexibility index (Phi) is 5.24. The van der Waals surface area contributed by atoms with Gasteiger partial charge in [0, 0.05) is 37.8 Å². The SMILES string of the molecule is O=C(CO)N1CCOC2(CCN(Cc3cc(-c4ccccc4)no3)CC2)C1. The van der Waals surface area contributed by atoms with Crippen LogP contribution in [0, 0.1) is 0 Å². The lowest BCUT2D eigenvalue weighted by molar-refractivity contribution is -0.161. The second kappa shape index (κ2) is 7.80. The van der Waals surface area contributed by atoms with Crippen LogP contribution < -0.4 is 0 Å². The molecule has 7 nitrogen and oxygen atoms in total. The van der Waals surface area contributed by atoms with Crippen molar-refractivity contribution in [1.29, 1.82) is 0 Å². The Hall–Kier alpha value is -2.22. The van der Waals surface area contributed by atoms with Gasteiger partial charge >= 0.3 is 0 Å². The van der Waals surface area contributed by atoms with Crippen LogP contribution in [0.4, 0.5) is 0 Å². The Morgan fingerprint density at radius 1 is 1.19 bits per heavy atom. The van der Waals surface area contributed by atoms with E-state index in [1.165, 1.54) is 0 Å². The third kappa shape index (κ3) is 4.05. The number of carbonyl (C=O) groups is 1. The number of nitrogens with zero attached hydrogens (tertiary/aromatic N) is 3. The minimum absolute atomic E-state index is 0.213. The molecule has 0 saturated carbocycles. The van der Waals surface area contributed by atoms with Crippen molar-refractivity contribution in [3.05, 3.63) is 42.2 Å². The maximum atomic E-state index is 11.8. The highest BCUT2D eigenvalue weighted by Gasteiger charge is 2.40. The smallest absolute Gasteiger partial charge is 0.248 e. The zero-order valence-electron chi connectivity index (χ0n) is 15.3. The van der Waals surface area contributed by atoms with Gasteiger partial charge in [-0.25, -0.2) is 0 Å². The molecule has 3 heterocycles. The molecule has 2 fully saturated rings.